The summed E-state index contributed by atoms with van der Waals surface area (Å²) in [5, 5.41) is 12.9. The molecule has 1 heterocycles. The quantitative estimate of drug-likeness (QED) is 0.815. The van der Waals surface area contributed by atoms with Crippen molar-refractivity contribution in [1.82, 2.24) is 10.2 Å². The van der Waals surface area contributed by atoms with Gasteiger partial charge in [0.1, 0.15) is 6.17 Å². The number of phenolic OH excluding ortho intramolecular Hbond substituents is 1. The van der Waals surface area contributed by atoms with Gasteiger partial charge in [0.2, 0.25) is 11.7 Å². The lowest BCUT2D eigenvalue weighted by molar-refractivity contribution is -0.119. The first kappa shape index (κ1) is 19.3. The maximum absolute atomic E-state index is 13.0. The van der Waals surface area contributed by atoms with Crippen LogP contribution in [0.3, 0.4) is 0 Å². The van der Waals surface area contributed by atoms with Gasteiger partial charge in [-0.3, -0.25) is 9.59 Å². The first-order valence-corrected chi connectivity index (χ1v) is 8.71. The van der Waals surface area contributed by atoms with E-state index in [-0.39, 0.29) is 35.6 Å². The molecule has 2 aromatic carbocycles. The number of para-hydroxylation sites is 1. The normalized spacial score (nSPS) is 15.9. The Kier molecular flexibility index (Phi) is 5.30. The van der Waals surface area contributed by atoms with E-state index in [0.29, 0.717) is 16.8 Å². The summed E-state index contributed by atoms with van der Waals surface area (Å²) in [6.45, 7) is 0.0430. The van der Waals surface area contributed by atoms with Gasteiger partial charge in [-0.1, -0.05) is 12.1 Å². The lowest BCUT2D eigenvalue weighted by Crippen LogP contribution is -2.50. The van der Waals surface area contributed by atoms with Crippen LogP contribution in [0.1, 0.15) is 22.1 Å². The molecule has 2 N–H and O–H groups in total. The Balaban J connectivity index is 2.19. The van der Waals surface area contributed by atoms with Gasteiger partial charge in [0, 0.05) is 19.7 Å². The van der Waals surface area contributed by atoms with Crippen LogP contribution < -0.4 is 19.7 Å². The Bertz CT molecular complexity index is 889. The van der Waals surface area contributed by atoms with E-state index in [0.717, 1.165) is 0 Å². The Morgan fingerprint density at radius 1 is 1.18 bits per heavy atom. The molecule has 0 saturated carbocycles. The molecular weight excluding hydrogens is 362 g/mol. The second-order valence-electron chi connectivity index (χ2n) is 6.38. The standard InChI is InChI=1S/C20H23N3O5/c1-21-17(24)11-23-14-8-6-5-7-13(14)20(26)22(2)19(23)12-9-15(27-3)18(25)16(10-12)28-4/h5-10,19,25H,11H2,1-4H3,(H,21,24). The second kappa shape index (κ2) is 7.67. The molecule has 28 heavy (non-hydrogen) atoms. The molecule has 0 fully saturated rings. The van der Waals surface area contributed by atoms with Crippen molar-refractivity contribution in [2.24, 2.45) is 0 Å². The zero-order valence-corrected chi connectivity index (χ0v) is 16.2. The van der Waals surface area contributed by atoms with Gasteiger partial charge in [0.05, 0.1) is 32.0 Å². The monoisotopic (exact) mass is 385 g/mol. The summed E-state index contributed by atoms with van der Waals surface area (Å²) in [5.74, 6) is -0.0558. The Morgan fingerprint density at radius 3 is 2.36 bits per heavy atom. The van der Waals surface area contributed by atoms with Gasteiger partial charge in [-0.25, -0.2) is 0 Å². The van der Waals surface area contributed by atoms with Crippen molar-refractivity contribution in [3.05, 3.63) is 47.5 Å². The van der Waals surface area contributed by atoms with E-state index >= 15 is 0 Å². The topological polar surface area (TPSA) is 91.3 Å². The summed E-state index contributed by atoms with van der Waals surface area (Å²) in [5.41, 5.74) is 1.81. The molecular formula is C20H23N3O5. The van der Waals surface area contributed by atoms with E-state index in [1.807, 2.05) is 17.0 Å². The van der Waals surface area contributed by atoms with Gasteiger partial charge in [-0.05, 0) is 24.3 Å². The molecule has 2 aromatic rings. The molecule has 1 aliphatic rings. The number of methoxy groups -OCH3 is 2. The number of amides is 2. The van der Waals surface area contributed by atoms with Crippen LogP contribution in [0.2, 0.25) is 0 Å². The zero-order valence-electron chi connectivity index (χ0n) is 16.2. The maximum atomic E-state index is 13.0. The predicted molar refractivity (Wildman–Crippen MR) is 104 cm³/mol. The van der Waals surface area contributed by atoms with Gasteiger partial charge >= 0.3 is 0 Å². The van der Waals surface area contributed by atoms with Crippen molar-refractivity contribution in [2.45, 2.75) is 6.17 Å². The molecule has 0 bridgehead atoms. The number of nitrogens with zero attached hydrogens (tertiary/aromatic N) is 2. The fourth-order valence-electron chi connectivity index (χ4n) is 3.42. The molecule has 0 spiro atoms. The van der Waals surface area contributed by atoms with Crippen molar-refractivity contribution < 1.29 is 24.2 Å². The molecule has 0 saturated heterocycles. The number of likely N-dealkylation sites (N-methyl/N-ethyl adjacent to an activating group) is 1. The highest BCUT2D eigenvalue weighted by Crippen LogP contribution is 2.43. The van der Waals surface area contributed by atoms with Gasteiger partial charge in [0.15, 0.2) is 11.5 Å². The molecule has 3 rings (SSSR count). The number of benzene rings is 2. The summed E-state index contributed by atoms with van der Waals surface area (Å²) in [6, 6.07) is 10.4. The zero-order chi connectivity index (χ0) is 20.4. The number of fused-ring (bicyclic) bond motifs is 1. The fourth-order valence-corrected chi connectivity index (χ4v) is 3.42. The summed E-state index contributed by atoms with van der Waals surface area (Å²) in [6.07, 6.45) is -0.594. The number of rotatable bonds is 5. The molecule has 0 aliphatic carbocycles. The Hall–Kier alpha value is -3.42. The number of ether oxygens (including phenoxy) is 2. The third-order valence-corrected chi connectivity index (χ3v) is 4.82. The largest absolute Gasteiger partial charge is 0.502 e. The average Bonchev–Trinajstić information content (AvgIpc) is 2.72. The van der Waals surface area contributed by atoms with Crippen LogP contribution >= 0.6 is 0 Å². The van der Waals surface area contributed by atoms with Crippen molar-refractivity contribution in [3.8, 4) is 17.2 Å². The maximum Gasteiger partial charge on any atom is 0.257 e. The fraction of sp³-hybridized carbons (Fsp3) is 0.300. The van der Waals surface area contributed by atoms with Crippen LogP contribution in [-0.2, 0) is 4.79 Å². The van der Waals surface area contributed by atoms with Crippen LogP contribution in [0.15, 0.2) is 36.4 Å². The SMILES string of the molecule is CNC(=O)CN1c2ccccc2C(=O)N(C)C1c1cc(OC)c(O)c(OC)c1. The number of carbonyl (C=O) groups excluding carboxylic acids is 2. The van der Waals surface area contributed by atoms with E-state index in [1.165, 1.54) is 14.2 Å². The molecule has 1 unspecified atom stereocenters. The Labute approximate surface area is 163 Å². The third kappa shape index (κ3) is 3.17. The van der Waals surface area contributed by atoms with Crippen LogP contribution in [0.25, 0.3) is 0 Å². The van der Waals surface area contributed by atoms with Gasteiger partial charge in [-0.2, -0.15) is 0 Å². The molecule has 1 atom stereocenters. The first-order chi connectivity index (χ1) is 13.4. The summed E-state index contributed by atoms with van der Waals surface area (Å²) >= 11 is 0. The van der Waals surface area contributed by atoms with E-state index in [1.54, 1.807) is 43.3 Å². The van der Waals surface area contributed by atoms with Crippen LogP contribution in [0.4, 0.5) is 5.69 Å². The molecule has 1 aliphatic heterocycles. The van der Waals surface area contributed by atoms with Crippen LogP contribution in [0.5, 0.6) is 17.2 Å². The molecule has 0 radical (unpaired) electrons. The minimum atomic E-state index is -0.594. The predicted octanol–water partition coefficient (Wildman–Crippen LogP) is 1.75. The van der Waals surface area contributed by atoms with Crippen LogP contribution in [0, 0.1) is 0 Å². The smallest absolute Gasteiger partial charge is 0.257 e. The lowest BCUT2D eigenvalue weighted by atomic mass is 10.0. The minimum absolute atomic E-state index is 0.0430. The van der Waals surface area contributed by atoms with E-state index in [4.69, 9.17) is 9.47 Å². The van der Waals surface area contributed by atoms with Crippen molar-refractivity contribution >= 4 is 17.5 Å². The van der Waals surface area contributed by atoms with Gasteiger partial charge in [-0.15, -0.1) is 0 Å². The third-order valence-electron chi connectivity index (χ3n) is 4.82. The molecule has 8 nitrogen and oxygen atoms in total. The van der Waals surface area contributed by atoms with Crippen molar-refractivity contribution in [1.29, 1.82) is 0 Å². The summed E-state index contributed by atoms with van der Waals surface area (Å²) < 4.78 is 10.5. The Morgan fingerprint density at radius 2 is 1.79 bits per heavy atom. The number of hydrogen-bond acceptors (Lipinski definition) is 6. The minimum Gasteiger partial charge on any atom is -0.502 e. The van der Waals surface area contributed by atoms with E-state index in [9.17, 15) is 14.7 Å². The van der Waals surface area contributed by atoms with Gasteiger partial charge in [0.25, 0.3) is 5.91 Å². The highest BCUT2D eigenvalue weighted by molar-refractivity contribution is 6.02. The van der Waals surface area contributed by atoms with Crippen molar-refractivity contribution in [3.63, 3.8) is 0 Å². The number of hydrogen-bond donors (Lipinski definition) is 2. The lowest BCUT2D eigenvalue weighted by Gasteiger charge is -2.44. The number of carbonyl (C=O) groups is 2. The highest BCUT2D eigenvalue weighted by atomic mass is 16.5. The van der Waals surface area contributed by atoms with Crippen LogP contribution in [-0.4, -0.2) is 56.7 Å². The number of phenols is 1. The number of aromatic hydroxyl groups is 1. The molecule has 148 valence electrons. The highest BCUT2D eigenvalue weighted by Gasteiger charge is 2.38. The second-order valence-corrected chi connectivity index (χ2v) is 6.38. The summed E-state index contributed by atoms with van der Waals surface area (Å²) in [4.78, 5) is 28.6. The van der Waals surface area contributed by atoms with Crippen molar-refractivity contribution in [2.75, 3.05) is 39.8 Å². The molecule has 8 heteroatoms. The molecule has 2 amide bonds. The number of nitrogens with one attached hydrogen (secondary N) is 1. The number of anilines is 1. The first-order valence-electron chi connectivity index (χ1n) is 8.71. The summed E-state index contributed by atoms with van der Waals surface area (Å²) in [7, 11) is 6.11. The molecule has 0 aromatic heterocycles. The average molecular weight is 385 g/mol. The van der Waals surface area contributed by atoms with Gasteiger partial charge < -0.3 is 29.7 Å². The van der Waals surface area contributed by atoms with E-state index < -0.39 is 6.17 Å². The van der Waals surface area contributed by atoms with E-state index in [2.05, 4.69) is 5.32 Å².